The maximum atomic E-state index is 10.2. The first-order valence-corrected chi connectivity index (χ1v) is 13.3. The number of guanidine groups is 1. The van der Waals surface area contributed by atoms with Crippen LogP contribution in [0.5, 0.6) is 0 Å². The Morgan fingerprint density at radius 1 is 0.810 bits per heavy atom. The van der Waals surface area contributed by atoms with Crippen molar-refractivity contribution in [1.29, 1.82) is 0 Å². The number of nitrogens with two attached hydrogens (primary N) is 5. The Labute approximate surface area is 245 Å². The lowest BCUT2D eigenvalue weighted by molar-refractivity contribution is -0.140. The van der Waals surface area contributed by atoms with Gasteiger partial charge in [0.15, 0.2) is 5.96 Å². The van der Waals surface area contributed by atoms with Gasteiger partial charge < -0.3 is 64.8 Å². The summed E-state index contributed by atoms with van der Waals surface area (Å²) < 4.78 is 0. The monoisotopic (exact) mass is 610 g/mol. The zero-order valence-electron chi connectivity index (χ0n) is 24.3. The van der Waals surface area contributed by atoms with Crippen molar-refractivity contribution in [3.8, 4) is 0 Å². The summed E-state index contributed by atoms with van der Waals surface area (Å²) in [5.41, 5.74) is 25.1. The molecule has 0 spiro atoms. The maximum Gasteiger partial charge on any atom is 0.320 e. The van der Waals surface area contributed by atoms with Gasteiger partial charge in [-0.2, -0.15) is 0 Å². The number of hydrogen-bond acceptors (Lipinski definition) is 11. The molecule has 2 rings (SSSR count). The van der Waals surface area contributed by atoms with E-state index in [9.17, 15) is 24.0 Å². The maximum absolute atomic E-state index is 10.2. The highest BCUT2D eigenvalue weighted by Crippen LogP contribution is 2.04. The van der Waals surface area contributed by atoms with Gasteiger partial charge in [-0.15, -0.1) is 0 Å². The third-order valence-electron chi connectivity index (χ3n) is 5.22. The molecule has 0 aliphatic carbocycles. The second-order valence-electron chi connectivity index (χ2n) is 9.54. The van der Waals surface area contributed by atoms with Crippen molar-refractivity contribution in [1.82, 2.24) is 10.6 Å². The van der Waals surface area contributed by atoms with E-state index in [1.54, 1.807) is 0 Å². The van der Waals surface area contributed by atoms with Crippen LogP contribution in [0, 0.1) is 5.92 Å². The van der Waals surface area contributed by atoms with Gasteiger partial charge in [-0.25, -0.2) is 0 Å². The van der Waals surface area contributed by atoms with E-state index in [2.05, 4.69) is 21.4 Å². The van der Waals surface area contributed by atoms with Gasteiger partial charge in [0, 0.05) is 6.54 Å². The molecule has 0 saturated carbocycles. The van der Waals surface area contributed by atoms with Gasteiger partial charge in [-0.05, 0) is 64.0 Å². The lowest BCUT2D eigenvalue weighted by Crippen LogP contribution is -2.31. The Morgan fingerprint density at radius 3 is 1.40 bits per heavy atom. The third kappa shape index (κ3) is 29.4. The van der Waals surface area contributed by atoms with E-state index >= 15 is 0 Å². The average Bonchev–Trinajstić information content (AvgIpc) is 3.62. The van der Waals surface area contributed by atoms with Crippen molar-refractivity contribution in [3.63, 3.8) is 0 Å². The molecule has 18 nitrogen and oxygen atoms in total. The van der Waals surface area contributed by atoms with E-state index in [0.29, 0.717) is 31.7 Å². The van der Waals surface area contributed by atoms with Gasteiger partial charge in [0.05, 0.1) is 6.54 Å². The fourth-order valence-corrected chi connectivity index (χ4v) is 3.04. The molecule has 17 N–H and O–H groups in total. The van der Waals surface area contributed by atoms with Gasteiger partial charge in [0.25, 0.3) is 0 Å². The number of aliphatic carboxylic acids is 5. The third-order valence-corrected chi connectivity index (χ3v) is 5.22. The zero-order valence-corrected chi connectivity index (χ0v) is 24.3. The number of aliphatic imine (C=N–C) groups is 1. The number of carbonyl (C=O) groups is 5. The van der Waals surface area contributed by atoms with Gasteiger partial charge in [-0.3, -0.25) is 29.0 Å². The Morgan fingerprint density at radius 2 is 1.21 bits per heavy atom. The molecule has 4 atom stereocenters. The molecule has 2 aliphatic heterocycles. The lowest BCUT2D eigenvalue weighted by Gasteiger charge is -2.07. The summed E-state index contributed by atoms with van der Waals surface area (Å²) in [7, 11) is 0. The van der Waals surface area contributed by atoms with Crippen LogP contribution < -0.4 is 39.3 Å². The largest absolute Gasteiger partial charge is 0.480 e. The van der Waals surface area contributed by atoms with Crippen molar-refractivity contribution in [2.24, 2.45) is 39.6 Å². The van der Waals surface area contributed by atoms with Gasteiger partial charge in [-0.1, -0.05) is 13.8 Å². The van der Waals surface area contributed by atoms with Crippen LogP contribution in [0.4, 0.5) is 0 Å². The van der Waals surface area contributed by atoms with E-state index in [1.807, 2.05) is 13.8 Å². The fraction of sp³-hybridized carbons (Fsp3) is 0.750. The number of nitrogens with zero attached hydrogens (tertiary/aromatic N) is 1. The van der Waals surface area contributed by atoms with E-state index in [-0.39, 0.29) is 24.6 Å². The van der Waals surface area contributed by atoms with Crippen LogP contribution in [0.2, 0.25) is 0 Å². The summed E-state index contributed by atoms with van der Waals surface area (Å²) in [5, 5.41) is 46.7. The zero-order chi connectivity index (χ0) is 33.3. The summed E-state index contributed by atoms with van der Waals surface area (Å²) in [6, 6.07) is -2.05. The van der Waals surface area contributed by atoms with Crippen LogP contribution in [0.3, 0.4) is 0 Å². The molecule has 0 amide bonds. The molecule has 0 aromatic heterocycles. The summed E-state index contributed by atoms with van der Waals surface area (Å²) in [6.07, 6.45) is 5.07. The minimum atomic E-state index is -1.00. The summed E-state index contributed by atoms with van der Waals surface area (Å²) in [6.45, 7) is 5.75. The number of nitrogens with one attached hydrogen (secondary N) is 2. The predicted molar refractivity (Wildman–Crippen MR) is 155 cm³/mol. The van der Waals surface area contributed by atoms with Crippen molar-refractivity contribution in [2.75, 3.05) is 26.2 Å². The van der Waals surface area contributed by atoms with Crippen LogP contribution in [0.25, 0.3) is 0 Å². The van der Waals surface area contributed by atoms with Gasteiger partial charge >= 0.3 is 29.8 Å². The molecule has 42 heavy (non-hydrogen) atoms. The SMILES string of the molecule is CC(C)C[C@H](N)C(=O)O.NC(N)=NCCC[C@H](N)C(=O)O.NCC(=O)O.O=C(O)[C@@H]1CCCN1.O=C(O)[C@@H]1CCCN1. The van der Waals surface area contributed by atoms with Gasteiger partial charge in [0.1, 0.15) is 24.2 Å². The Bertz CT molecular complexity index is 787. The Kier molecular flexibility index (Phi) is 26.9. The Balaban J connectivity index is -0.000000463. The van der Waals surface area contributed by atoms with Crippen LogP contribution in [-0.4, -0.2) is 112 Å². The molecule has 2 fully saturated rings. The average molecular weight is 611 g/mol. The first-order chi connectivity index (χ1) is 19.5. The highest BCUT2D eigenvalue weighted by Gasteiger charge is 2.20. The molecule has 0 radical (unpaired) electrons. The molecule has 0 unspecified atom stereocenters. The normalized spacial score (nSPS) is 18.0. The summed E-state index contributed by atoms with van der Waals surface area (Å²) >= 11 is 0. The van der Waals surface area contributed by atoms with Gasteiger partial charge in [0.2, 0.25) is 0 Å². The highest BCUT2D eigenvalue weighted by atomic mass is 16.4. The summed E-state index contributed by atoms with van der Waals surface area (Å²) in [4.78, 5) is 53.5. The quantitative estimate of drug-likeness (QED) is 0.0656. The Hall–Kier alpha value is -3.58. The molecule has 2 aliphatic rings. The molecule has 246 valence electrons. The van der Waals surface area contributed by atoms with Crippen molar-refractivity contribution >= 4 is 35.8 Å². The second kappa shape index (κ2) is 26.3. The molecule has 0 aromatic rings. The highest BCUT2D eigenvalue weighted by molar-refractivity contribution is 5.76. The summed E-state index contributed by atoms with van der Waals surface area (Å²) in [5.74, 6) is -3.95. The van der Waals surface area contributed by atoms with Crippen LogP contribution >= 0.6 is 0 Å². The smallest absolute Gasteiger partial charge is 0.320 e. The topological polar surface area (TPSA) is 353 Å². The van der Waals surface area contributed by atoms with E-state index in [4.69, 9.17) is 48.5 Å². The van der Waals surface area contributed by atoms with Crippen molar-refractivity contribution < 1.29 is 49.5 Å². The number of rotatable bonds is 11. The fourth-order valence-electron chi connectivity index (χ4n) is 3.04. The minimum Gasteiger partial charge on any atom is -0.480 e. The standard InChI is InChI=1S/C6H14N4O2.C6H13NO2.2C5H9NO2.C2H5NO2/c7-4(5(11)12)2-1-3-10-6(8)9;1-4(2)3-5(7)6(8)9;2*7-5(8)4-2-1-3-6-4;3-1-2(4)5/h4H,1-3,7H2,(H,11,12)(H4,8,9,10);4-5H,3,7H2,1-2H3,(H,8,9);2*4,6H,1-3H2,(H,7,8);1,3H2,(H,4,5)/t4-;5-;2*4-;/m0000./s1. The first kappa shape index (κ1) is 42.9. The van der Waals surface area contributed by atoms with Crippen LogP contribution in [0.15, 0.2) is 4.99 Å². The van der Waals surface area contributed by atoms with Crippen molar-refractivity contribution in [3.05, 3.63) is 0 Å². The first-order valence-electron chi connectivity index (χ1n) is 13.3. The lowest BCUT2D eigenvalue weighted by atomic mass is 10.1. The molecule has 18 heteroatoms. The molecule has 2 heterocycles. The van der Waals surface area contributed by atoms with E-state index in [0.717, 1.165) is 38.8 Å². The van der Waals surface area contributed by atoms with E-state index < -0.39 is 41.9 Å². The molecular formula is C24H50N8O10. The predicted octanol–water partition coefficient (Wildman–Crippen LogP) is -2.43. The van der Waals surface area contributed by atoms with Crippen molar-refractivity contribution in [2.45, 2.75) is 83.0 Å². The number of carboxylic acids is 5. The minimum absolute atomic E-state index is 0.0129. The number of hydrogen-bond donors (Lipinski definition) is 12. The second-order valence-corrected chi connectivity index (χ2v) is 9.54. The van der Waals surface area contributed by atoms with Crippen LogP contribution in [0.1, 0.15) is 58.8 Å². The van der Waals surface area contributed by atoms with Crippen LogP contribution in [-0.2, 0) is 24.0 Å². The number of carboxylic acid groups (broad SMARTS) is 5. The molecular weight excluding hydrogens is 560 g/mol. The van der Waals surface area contributed by atoms with E-state index in [1.165, 1.54) is 0 Å². The molecule has 0 aromatic carbocycles. The molecule has 2 saturated heterocycles. The molecule has 0 bridgehead atoms.